The molecule has 0 heterocycles. The number of nitrogens with one attached hydrogen (secondary N) is 1. The van der Waals surface area contributed by atoms with Crippen LogP contribution in [-0.4, -0.2) is 23.2 Å². The number of aliphatic carboxylic acids is 1. The van der Waals surface area contributed by atoms with Crippen LogP contribution in [0.25, 0.3) is 0 Å². The van der Waals surface area contributed by atoms with Gasteiger partial charge in [-0.1, -0.05) is 25.8 Å². The molecule has 1 aliphatic carbocycles. The van der Waals surface area contributed by atoms with Crippen molar-refractivity contribution >= 4 is 5.97 Å². The van der Waals surface area contributed by atoms with Crippen molar-refractivity contribution in [2.45, 2.75) is 38.1 Å². The molecule has 2 unspecified atom stereocenters. The van der Waals surface area contributed by atoms with E-state index in [4.69, 9.17) is 0 Å². The molecule has 1 fully saturated rings. The first kappa shape index (κ1) is 11.2. The molecule has 0 amide bonds. The van der Waals surface area contributed by atoms with Gasteiger partial charge in [0.05, 0.1) is 0 Å². The molecular weight excluding hydrogens is 178 g/mol. The predicted octanol–water partition coefficient (Wildman–Crippen LogP) is 1.80. The molecule has 0 saturated heterocycles. The molecule has 0 aromatic heterocycles. The molecule has 0 spiro atoms. The number of hydrogen-bond donors (Lipinski definition) is 2. The third kappa shape index (κ3) is 1.82. The maximum Gasteiger partial charge on any atom is 0.324 e. The molecule has 3 heteroatoms. The maximum absolute atomic E-state index is 11.3. The van der Waals surface area contributed by atoms with Gasteiger partial charge < -0.3 is 5.11 Å². The van der Waals surface area contributed by atoms with E-state index in [9.17, 15) is 9.90 Å². The first-order valence-electron chi connectivity index (χ1n) is 5.26. The minimum absolute atomic E-state index is 0.264. The Balaban J connectivity index is 2.79. The molecule has 0 aliphatic heterocycles. The van der Waals surface area contributed by atoms with Crippen molar-refractivity contribution in [3.05, 3.63) is 12.7 Å². The fourth-order valence-electron chi connectivity index (χ4n) is 2.47. The van der Waals surface area contributed by atoms with Crippen LogP contribution in [0.2, 0.25) is 0 Å². The summed E-state index contributed by atoms with van der Waals surface area (Å²) in [5, 5.41) is 12.4. The van der Waals surface area contributed by atoms with Gasteiger partial charge in [-0.05, 0) is 18.8 Å². The first-order chi connectivity index (χ1) is 6.67. The molecule has 1 rings (SSSR count). The second kappa shape index (κ2) is 4.60. The van der Waals surface area contributed by atoms with E-state index in [1.165, 1.54) is 0 Å². The zero-order valence-corrected chi connectivity index (χ0v) is 8.75. The van der Waals surface area contributed by atoms with Crippen LogP contribution in [0.3, 0.4) is 0 Å². The quantitative estimate of drug-likeness (QED) is 0.661. The van der Waals surface area contributed by atoms with Crippen molar-refractivity contribution in [2.24, 2.45) is 5.92 Å². The highest BCUT2D eigenvalue weighted by molar-refractivity contribution is 5.79. The van der Waals surface area contributed by atoms with Gasteiger partial charge in [-0.25, -0.2) is 0 Å². The Morgan fingerprint density at radius 1 is 1.79 bits per heavy atom. The molecule has 3 nitrogen and oxygen atoms in total. The second-order valence-electron chi connectivity index (χ2n) is 3.94. The normalized spacial score (nSPS) is 31.6. The van der Waals surface area contributed by atoms with Crippen molar-refractivity contribution in [3.8, 4) is 0 Å². The van der Waals surface area contributed by atoms with E-state index < -0.39 is 11.5 Å². The molecule has 0 bridgehead atoms. The number of carbonyl (C=O) groups is 1. The predicted molar refractivity (Wildman–Crippen MR) is 56.2 cm³/mol. The first-order valence-corrected chi connectivity index (χ1v) is 5.26. The van der Waals surface area contributed by atoms with Crippen LogP contribution in [0.1, 0.15) is 32.6 Å². The summed E-state index contributed by atoms with van der Waals surface area (Å²) in [5.74, 6) is -0.441. The molecule has 1 aliphatic rings. The fraction of sp³-hybridized carbons (Fsp3) is 0.727. The van der Waals surface area contributed by atoms with Gasteiger partial charge in [0, 0.05) is 6.54 Å². The van der Waals surface area contributed by atoms with Gasteiger partial charge in [0.2, 0.25) is 0 Å². The third-order valence-electron chi connectivity index (χ3n) is 3.26. The molecule has 2 N–H and O–H groups in total. The van der Waals surface area contributed by atoms with Gasteiger partial charge in [0.1, 0.15) is 5.54 Å². The highest BCUT2D eigenvalue weighted by Gasteiger charge is 2.47. The van der Waals surface area contributed by atoms with Crippen molar-refractivity contribution in [3.63, 3.8) is 0 Å². The van der Waals surface area contributed by atoms with E-state index >= 15 is 0 Å². The maximum atomic E-state index is 11.3. The Bertz CT molecular complexity index is 227. The summed E-state index contributed by atoms with van der Waals surface area (Å²) in [6, 6.07) is 0. The van der Waals surface area contributed by atoms with E-state index in [0.717, 1.165) is 25.7 Å². The molecule has 1 saturated carbocycles. The lowest BCUT2D eigenvalue weighted by atomic mass is 9.85. The lowest BCUT2D eigenvalue weighted by Gasteiger charge is -2.31. The van der Waals surface area contributed by atoms with Gasteiger partial charge >= 0.3 is 5.97 Å². The zero-order valence-electron chi connectivity index (χ0n) is 8.75. The van der Waals surface area contributed by atoms with Crippen LogP contribution in [0.4, 0.5) is 0 Å². The van der Waals surface area contributed by atoms with Crippen LogP contribution >= 0.6 is 0 Å². The van der Waals surface area contributed by atoms with E-state index in [1.54, 1.807) is 6.08 Å². The molecular formula is C11H19NO2. The van der Waals surface area contributed by atoms with E-state index in [2.05, 4.69) is 18.8 Å². The minimum Gasteiger partial charge on any atom is -0.480 e. The average Bonchev–Trinajstić information content (AvgIpc) is 2.58. The summed E-state index contributed by atoms with van der Waals surface area (Å²) in [6.45, 7) is 6.24. The number of hydrogen-bond acceptors (Lipinski definition) is 2. The van der Waals surface area contributed by atoms with Gasteiger partial charge in [0.25, 0.3) is 0 Å². The number of carboxylic acid groups (broad SMARTS) is 1. The molecule has 0 aromatic rings. The van der Waals surface area contributed by atoms with Crippen molar-refractivity contribution < 1.29 is 9.90 Å². The monoisotopic (exact) mass is 197 g/mol. The summed E-state index contributed by atoms with van der Waals surface area (Å²) in [6.07, 6.45) is 5.42. The van der Waals surface area contributed by atoms with Gasteiger partial charge in [-0.3, -0.25) is 10.1 Å². The number of carboxylic acids is 1. The van der Waals surface area contributed by atoms with Crippen LogP contribution in [0.5, 0.6) is 0 Å². The second-order valence-corrected chi connectivity index (χ2v) is 3.94. The van der Waals surface area contributed by atoms with Crippen LogP contribution in [0, 0.1) is 5.92 Å². The van der Waals surface area contributed by atoms with Crippen LogP contribution < -0.4 is 5.32 Å². The van der Waals surface area contributed by atoms with Gasteiger partial charge in [-0.15, -0.1) is 6.58 Å². The van der Waals surface area contributed by atoms with Crippen LogP contribution in [0.15, 0.2) is 12.7 Å². The van der Waals surface area contributed by atoms with Crippen molar-refractivity contribution in [2.75, 3.05) is 6.54 Å². The summed E-state index contributed by atoms with van der Waals surface area (Å²) < 4.78 is 0. The molecule has 0 radical (unpaired) electrons. The SMILES string of the molecule is C=CCNC1(C(=O)O)CCCC1CC. The van der Waals surface area contributed by atoms with E-state index in [0.29, 0.717) is 6.54 Å². The average molecular weight is 197 g/mol. The Labute approximate surface area is 85.2 Å². The van der Waals surface area contributed by atoms with Crippen molar-refractivity contribution in [1.29, 1.82) is 0 Å². The fourth-order valence-corrected chi connectivity index (χ4v) is 2.47. The summed E-state index contributed by atoms with van der Waals surface area (Å²) in [5.41, 5.74) is -0.692. The largest absolute Gasteiger partial charge is 0.480 e. The topological polar surface area (TPSA) is 49.3 Å². The summed E-state index contributed by atoms with van der Waals surface area (Å²) >= 11 is 0. The van der Waals surface area contributed by atoms with E-state index in [-0.39, 0.29) is 5.92 Å². The van der Waals surface area contributed by atoms with Crippen molar-refractivity contribution in [1.82, 2.24) is 5.32 Å². The van der Waals surface area contributed by atoms with Crippen LogP contribution in [-0.2, 0) is 4.79 Å². The molecule has 2 atom stereocenters. The highest BCUT2D eigenvalue weighted by atomic mass is 16.4. The highest BCUT2D eigenvalue weighted by Crippen LogP contribution is 2.37. The lowest BCUT2D eigenvalue weighted by Crippen LogP contribution is -2.54. The Morgan fingerprint density at radius 3 is 3.00 bits per heavy atom. The minimum atomic E-state index is -0.705. The van der Waals surface area contributed by atoms with Gasteiger partial charge in [0.15, 0.2) is 0 Å². The summed E-state index contributed by atoms with van der Waals surface area (Å²) in [4.78, 5) is 11.3. The van der Waals surface area contributed by atoms with E-state index in [1.807, 2.05) is 0 Å². The smallest absolute Gasteiger partial charge is 0.324 e. The Kier molecular flexibility index (Phi) is 3.69. The lowest BCUT2D eigenvalue weighted by molar-refractivity contribution is -0.146. The Morgan fingerprint density at radius 2 is 2.50 bits per heavy atom. The number of rotatable bonds is 5. The Hall–Kier alpha value is -0.830. The standard InChI is InChI=1S/C11H19NO2/c1-3-8-12-11(10(13)14)7-5-6-9(11)4-2/h3,9,12H,1,4-8H2,2H3,(H,13,14). The van der Waals surface area contributed by atoms with Gasteiger partial charge in [-0.2, -0.15) is 0 Å². The molecule has 14 heavy (non-hydrogen) atoms. The zero-order chi connectivity index (χ0) is 10.6. The summed E-state index contributed by atoms with van der Waals surface area (Å²) in [7, 11) is 0. The third-order valence-corrected chi connectivity index (χ3v) is 3.26. The molecule has 0 aromatic carbocycles. The molecule has 80 valence electrons.